The number of benzene rings is 1. The number of carbonyl (C=O) groups is 3. The molecule has 0 bridgehead atoms. The number of hydrogen-bond donors (Lipinski definition) is 2. The van der Waals surface area contributed by atoms with Crippen molar-refractivity contribution in [3.05, 3.63) is 34.1 Å². The van der Waals surface area contributed by atoms with E-state index in [1.165, 1.54) is 12.1 Å². The molecule has 2 rings (SSSR count). The Hall–Kier alpha value is -1.96. The van der Waals surface area contributed by atoms with Gasteiger partial charge < -0.3 is 10.1 Å². The topological polar surface area (TPSA) is 84.5 Å². The molecule has 0 heterocycles. The minimum atomic E-state index is -0.971. The third-order valence-corrected chi connectivity index (χ3v) is 4.66. The van der Waals surface area contributed by atoms with Crippen molar-refractivity contribution in [1.29, 1.82) is 0 Å². The lowest BCUT2D eigenvalue weighted by Gasteiger charge is -2.29. The van der Waals surface area contributed by atoms with Crippen LogP contribution in [0.5, 0.6) is 0 Å². The van der Waals surface area contributed by atoms with Gasteiger partial charge in [-0.05, 0) is 37.0 Å². The third kappa shape index (κ3) is 5.81. The molecule has 0 aromatic heterocycles. The predicted octanol–water partition coefficient (Wildman–Crippen LogP) is 3.15. The number of hydrogen-bond acceptors (Lipinski definition) is 4. The van der Waals surface area contributed by atoms with Crippen molar-refractivity contribution in [3.63, 3.8) is 0 Å². The highest BCUT2D eigenvalue weighted by Gasteiger charge is 2.23. The van der Waals surface area contributed by atoms with Crippen LogP contribution in [-0.4, -0.2) is 30.6 Å². The van der Waals surface area contributed by atoms with E-state index >= 15 is 0 Å². The van der Waals surface area contributed by atoms with Gasteiger partial charge in [0.15, 0.2) is 6.61 Å². The van der Waals surface area contributed by atoms with Crippen molar-refractivity contribution in [2.24, 2.45) is 5.92 Å². The fraction of sp³-hybridized carbons (Fsp3) is 0.471. The summed E-state index contributed by atoms with van der Waals surface area (Å²) in [6, 6.07) is 3.26. The Bertz CT molecular complexity index is 668. The van der Waals surface area contributed by atoms with Crippen LogP contribution in [0.1, 0.15) is 43.0 Å². The summed E-state index contributed by atoms with van der Waals surface area (Å²) in [5, 5.41) is 4.87. The standard InChI is InChI=1S/C17H20BrFN2O4/c1-10-4-2-3-5-14(10)20-17(24)21-15(22)9-25-16(23)12-7-6-11(18)8-13(12)19/h6-8,10,14H,2-5,9H2,1H3,(H2,20,21,22,24)/t10-,14-/m0/s1. The number of nitrogens with one attached hydrogen (secondary N) is 2. The van der Waals surface area contributed by atoms with E-state index in [1.807, 2.05) is 0 Å². The zero-order valence-electron chi connectivity index (χ0n) is 13.8. The Morgan fingerprint density at radius 2 is 2.00 bits per heavy atom. The maximum Gasteiger partial charge on any atom is 0.341 e. The lowest BCUT2D eigenvalue weighted by molar-refractivity contribution is -0.123. The smallest absolute Gasteiger partial charge is 0.341 e. The minimum Gasteiger partial charge on any atom is -0.452 e. The molecule has 0 radical (unpaired) electrons. The molecule has 0 unspecified atom stereocenters. The first-order valence-corrected chi connectivity index (χ1v) is 8.88. The average molecular weight is 415 g/mol. The largest absolute Gasteiger partial charge is 0.452 e. The predicted molar refractivity (Wildman–Crippen MR) is 92.5 cm³/mol. The molecular weight excluding hydrogens is 395 g/mol. The summed E-state index contributed by atoms with van der Waals surface area (Å²) in [4.78, 5) is 35.3. The molecule has 0 spiro atoms. The summed E-state index contributed by atoms with van der Waals surface area (Å²) in [7, 11) is 0. The summed E-state index contributed by atoms with van der Waals surface area (Å²) in [5.74, 6) is -2.15. The second-order valence-electron chi connectivity index (χ2n) is 6.09. The second-order valence-corrected chi connectivity index (χ2v) is 7.01. The SMILES string of the molecule is C[C@H]1CCCC[C@@H]1NC(=O)NC(=O)COC(=O)c1ccc(Br)cc1F. The molecule has 1 aromatic carbocycles. The molecule has 3 amide bonds. The summed E-state index contributed by atoms with van der Waals surface area (Å²) >= 11 is 3.08. The minimum absolute atomic E-state index is 0.0287. The molecule has 1 aliphatic carbocycles. The Kier molecular flexibility index (Phi) is 6.92. The van der Waals surface area contributed by atoms with Crippen molar-refractivity contribution < 1.29 is 23.5 Å². The fourth-order valence-electron chi connectivity index (χ4n) is 2.76. The zero-order valence-corrected chi connectivity index (χ0v) is 15.4. The highest BCUT2D eigenvalue weighted by atomic mass is 79.9. The lowest BCUT2D eigenvalue weighted by atomic mass is 9.86. The fourth-order valence-corrected chi connectivity index (χ4v) is 3.09. The van der Waals surface area contributed by atoms with Gasteiger partial charge in [0, 0.05) is 10.5 Å². The molecule has 2 atom stereocenters. The average Bonchev–Trinajstić information content (AvgIpc) is 2.54. The van der Waals surface area contributed by atoms with E-state index in [0.717, 1.165) is 31.7 Å². The number of ether oxygens (including phenoxy) is 1. The van der Waals surface area contributed by atoms with E-state index in [1.54, 1.807) is 0 Å². The number of halogens is 2. The van der Waals surface area contributed by atoms with Crippen LogP contribution in [0.3, 0.4) is 0 Å². The van der Waals surface area contributed by atoms with Gasteiger partial charge in [0.1, 0.15) is 5.82 Å². The van der Waals surface area contributed by atoms with Gasteiger partial charge in [-0.1, -0.05) is 35.7 Å². The maximum absolute atomic E-state index is 13.6. The summed E-state index contributed by atoms with van der Waals surface area (Å²) in [5.41, 5.74) is -0.281. The van der Waals surface area contributed by atoms with Crippen LogP contribution < -0.4 is 10.6 Å². The van der Waals surface area contributed by atoms with Gasteiger partial charge in [0.2, 0.25) is 0 Å². The molecule has 0 saturated heterocycles. The molecule has 2 N–H and O–H groups in total. The van der Waals surface area contributed by atoms with Gasteiger partial charge in [-0.2, -0.15) is 0 Å². The van der Waals surface area contributed by atoms with Gasteiger partial charge in [-0.15, -0.1) is 0 Å². The Morgan fingerprint density at radius 1 is 1.28 bits per heavy atom. The van der Waals surface area contributed by atoms with Gasteiger partial charge in [0.25, 0.3) is 5.91 Å². The van der Waals surface area contributed by atoms with Crippen molar-refractivity contribution >= 4 is 33.8 Å². The van der Waals surface area contributed by atoms with Crippen molar-refractivity contribution in [2.45, 2.75) is 38.6 Å². The van der Waals surface area contributed by atoms with Crippen LogP contribution in [0.15, 0.2) is 22.7 Å². The first-order chi connectivity index (χ1) is 11.9. The number of carbonyl (C=O) groups excluding carboxylic acids is 3. The van der Waals surface area contributed by atoms with E-state index in [4.69, 9.17) is 4.74 Å². The monoisotopic (exact) mass is 414 g/mol. The normalized spacial score (nSPS) is 19.8. The second kappa shape index (κ2) is 8.94. The quantitative estimate of drug-likeness (QED) is 0.741. The molecule has 8 heteroatoms. The van der Waals surface area contributed by atoms with E-state index < -0.39 is 30.3 Å². The Morgan fingerprint density at radius 3 is 2.68 bits per heavy atom. The summed E-state index contributed by atoms with van der Waals surface area (Å²) in [6.45, 7) is 1.39. The van der Waals surface area contributed by atoms with Gasteiger partial charge >= 0.3 is 12.0 Å². The molecule has 136 valence electrons. The molecule has 6 nitrogen and oxygen atoms in total. The maximum atomic E-state index is 13.6. The van der Waals surface area contributed by atoms with Crippen molar-refractivity contribution in [1.82, 2.24) is 10.6 Å². The van der Waals surface area contributed by atoms with Gasteiger partial charge in [-0.25, -0.2) is 14.0 Å². The van der Waals surface area contributed by atoms with Crippen LogP contribution in [0.2, 0.25) is 0 Å². The molecule has 1 aliphatic rings. The summed E-state index contributed by atoms with van der Waals surface area (Å²) in [6.07, 6.45) is 4.10. The van der Waals surface area contributed by atoms with E-state index in [-0.39, 0.29) is 11.6 Å². The Balaban J connectivity index is 1.77. The van der Waals surface area contributed by atoms with E-state index in [9.17, 15) is 18.8 Å². The third-order valence-electron chi connectivity index (χ3n) is 4.17. The first kappa shape index (κ1) is 19.4. The van der Waals surface area contributed by atoms with Crippen molar-refractivity contribution in [2.75, 3.05) is 6.61 Å². The molecule has 0 aliphatic heterocycles. The number of imide groups is 1. The molecule has 1 saturated carbocycles. The Labute approximate surface area is 153 Å². The number of amides is 3. The van der Waals surface area contributed by atoms with Crippen molar-refractivity contribution in [3.8, 4) is 0 Å². The highest BCUT2D eigenvalue weighted by molar-refractivity contribution is 9.10. The van der Waals surface area contributed by atoms with Crippen LogP contribution in [-0.2, 0) is 9.53 Å². The number of rotatable bonds is 4. The van der Waals surface area contributed by atoms with Gasteiger partial charge in [-0.3, -0.25) is 10.1 Å². The van der Waals surface area contributed by atoms with Crippen LogP contribution >= 0.6 is 15.9 Å². The molecule has 1 aromatic rings. The van der Waals surface area contributed by atoms with E-state index in [2.05, 4.69) is 33.5 Å². The van der Waals surface area contributed by atoms with Gasteiger partial charge in [0.05, 0.1) is 5.56 Å². The molecule has 25 heavy (non-hydrogen) atoms. The summed E-state index contributed by atoms with van der Waals surface area (Å²) < 4.78 is 18.9. The van der Waals surface area contributed by atoms with E-state index in [0.29, 0.717) is 10.4 Å². The highest BCUT2D eigenvalue weighted by Crippen LogP contribution is 2.23. The first-order valence-electron chi connectivity index (χ1n) is 8.09. The molecule has 1 fully saturated rings. The number of esters is 1. The van der Waals surface area contributed by atoms with Crippen LogP contribution in [0.4, 0.5) is 9.18 Å². The zero-order chi connectivity index (χ0) is 18.4. The van der Waals surface area contributed by atoms with Crippen LogP contribution in [0.25, 0.3) is 0 Å². The number of urea groups is 1. The lowest BCUT2D eigenvalue weighted by Crippen LogP contribution is -2.48. The molecular formula is C17H20BrFN2O4. The van der Waals surface area contributed by atoms with Crippen LogP contribution in [0, 0.1) is 11.7 Å².